The summed E-state index contributed by atoms with van der Waals surface area (Å²) in [6, 6.07) is 0.463. The maximum Gasteiger partial charge on any atom is 0.0633 e. The fourth-order valence-corrected chi connectivity index (χ4v) is 2.58. The van der Waals surface area contributed by atoms with Crippen molar-refractivity contribution >= 4 is 11.8 Å². The average Bonchev–Trinajstić information content (AvgIpc) is 2.19. The summed E-state index contributed by atoms with van der Waals surface area (Å²) in [4.78, 5) is 0. The summed E-state index contributed by atoms with van der Waals surface area (Å²) in [5, 5.41) is 21.5. The standard InChI is InChI=1S/C9H19NO2S/c1-9(6-11,7-12)10-8-2-4-13-5-3-8/h8,10-12H,2-7H2,1H3. The predicted octanol–water partition coefficient (Wildman–Crippen LogP) is 0.215. The lowest BCUT2D eigenvalue weighted by Crippen LogP contribution is -2.54. The van der Waals surface area contributed by atoms with Crippen LogP contribution in [-0.4, -0.2) is 46.5 Å². The van der Waals surface area contributed by atoms with Gasteiger partial charge in [-0.15, -0.1) is 0 Å². The van der Waals surface area contributed by atoms with E-state index in [1.165, 1.54) is 11.5 Å². The molecular weight excluding hydrogens is 186 g/mol. The third-order valence-electron chi connectivity index (χ3n) is 2.47. The highest BCUT2D eigenvalue weighted by Gasteiger charge is 2.26. The van der Waals surface area contributed by atoms with Gasteiger partial charge in [0, 0.05) is 6.04 Å². The zero-order valence-electron chi connectivity index (χ0n) is 8.12. The Morgan fingerprint density at radius 2 is 1.85 bits per heavy atom. The maximum absolute atomic E-state index is 9.09. The maximum atomic E-state index is 9.09. The van der Waals surface area contributed by atoms with Crippen molar-refractivity contribution in [1.82, 2.24) is 5.32 Å². The van der Waals surface area contributed by atoms with Gasteiger partial charge in [-0.25, -0.2) is 0 Å². The van der Waals surface area contributed by atoms with Crippen LogP contribution in [0, 0.1) is 0 Å². The Bertz CT molecular complexity index is 145. The zero-order chi connectivity index (χ0) is 9.73. The summed E-state index contributed by atoms with van der Waals surface area (Å²) in [5.41, 5.74) is -0.507. The van der Waals surface area contributed by atoms with Crippen LogP contribution in [0.2, 0.25) is 0 Å². The van der Waals surface area contributed by atoms with Crippen LogP contribution in [0.15, 0.2) is 0 Å². The van der Waals surface area contributed by atoms with Gasteiger partial charge in [-0.3, -0.25) is 0 Å². The van der Waals surface area contributed by atoms with Gasteiger partial charge in [0.15, 0.2) is 0 Å². The molecule has 1 heterocycles. The van der Waals surface area contributed by atoms with E-state index in [-0.39, 0.29) is 13.2 Å². The molecule has 4 heteroatoms. The quantitative estimate of drug-likeness (QED) is 0.614. The van der Waals surface area contributed by atoms with Crippen molar-refractivity contribution in [3.63, 3.8) is 0 Å². The first-order valence-electron chi connectivity index (χ1n) is 4.77. The fraction of sp³-hybridized carbons (Fsp3) is 1.00. The van der Waals surface area contributed by atoms with Crippen LogP contribution in [0.1, 0.15) is 19.8 Å². The second-order valence-electron chi connectivity index (χ2n) is 3.91. The van der Waals surface area contributed by atoms with Crippen molar-refractivity contribution in [3.8, 4) is 0 Å². The van der Waals surface area contributed by atoms with Crippen LogP contribution in [-0.2, 0) is 0 Å². The molecule has 0 aromatic heterocycles. The third-order valence-corrected chi connectivity index (χ3v) is 3.52. The van der Waals surface area contributed by atoms with Gasteiger partial charge in [-0.1, -0.05) is 0 Å². The van der Waals surface area contributed by atoms with Crippen molar-refractivity contribution in [2.75, 3.05) is 24.7 Å². The van der Waals surface area contributed by atoms with Gasteiger partial charge >= 0.3 is 0 Å². The minimum Gasteiger partial charge on any atom is -0.394 e. The molecule has 0 aromatic carbocycles. The lowest BCUT2D eigenvalue weighted by molar-refractivity contribution is 0.0926. The number of hydrogen-bond donors (Lipinski definition) is 3. The molecule has 0 aromatic rings. The molecule has 0 saturated carbocycles. The largest absolute Gasteiger partial charge is 0.394 e. The van der Waals surface area contributed by atoms with Crippen molar-refractivity contribution in [2.24, 2.45) is 0 Å². The van der Waals surface area contributed by atoms with E-state index in [2.05, 4.69) is 5.32 Å². The lowest BCUT2D eigenvalue weighted by Gasteiger charge is -2.33. The molecule has 0 aliphatic carbocycles. The predicted molar refractivity (Wildman–Crippen MR) is 56.1 cm³/mol. The van der Waals surface area contributed by atoms with E-state index in [1.807, 2.05) is 18.7 Å². The summed E-state index contributed by atoms with van der Waals surface area (Å²) in [6.07, 6.45) is 2.28. The average molecular weight is 205 g/mol. The van der Waals surface area contributed by atoms with Crippen LogP contribution >= 0.6 is 11.8 Å². The summed E-state index contributed by atoms with van der Waals surface area (Å²) in [7, 11) is 0. The van der Waals surface area contributed by atoms with Crippen LogP contribution in [0.3, 0.4) is 0 Å². The number of nitrogens with one attached hydrogen (secondary N) is 1. The Labute approximate surface area is 83.9 Å². The van der Waals surface area contributed by atoms with E-state index in [1.54, 1.807) is 0 Å². The van der Waals surface area contributed by atoms with Gasteiger partial charge < -0.3 is 15.5 Å². The Balaban J connectivity index is 2.35. The van der Waals surface area contributed by atoms with Crippen LogP contribution in [0.4, 0.5) is 0 Å². The molecule has 1 fully saturated rings. The number of aliphatic hydroxyl groups is 2. The van der Waals surface area contributed by atoms with Crippen molar-refractivity contribution in [2.45, 2.75) is 31.3 Å². The molecule has 78 valence electrons. The summed E-state index contributed by atoms with van der Waals surface area (Å²) < 4.78 is 0. The Morgan fingerprint density at radius 1 is 1.31 bits per heavy atom. The van der Waals surface area contributed by atoms with Crippen molar-refractivity contribution in [1.29, 1.82) is 0 Å². The van der Waals surface area contributed by atoms with E-state index in [0.717, 1.165) is 12.8 Å². The van der Waals surface area contributed by atoms with E-state index < -0.39 is 5.54 Å². The molecule has 1 aliphatic rings. The lowest BCUT2D eigenvalue weighted by atomic mass is 10.0. The summed E-state index contributed by atoms with van der Waals surface area (Å²) in [5.74, 6) is 2.37. The molecule has 0 atom stereocenters. The minimum atomic E-state index is -0.507. The van der Waals surface area contributed by atoms with E-state index in [9.17, 15) is 0 Å². The van der Waals surface area contributed by atoms with Gasteiger partial charge in [0.2, 0.25) is 0 Å². The molecule has 3 nitrogen and oxygen atoms in total. The summed E-state index contributed by atoms with van der Waals surface area (Å²) in [6.45, 7) is 1.84. The van der Waals surface area contributed by atoms with Gasteiger partial charge in [-0.05, 0) is 31.3 Å². The van der Waals surface area contributed by atoms with Gasteiger partial charge in [0.25, 0.3) is 0 Å². The fourth-order valence-electron chi connectivity index (χ4n) is 1.48. The first-order chi connectivity index (χ1) is 6.20. The molecule has 0 bridgehead atoms. The van der Waals surface area contributed by atoms with E-state index in [0.29, 0.717) is 6.04 Å². The van der Waals surface area contributed by atoms with Crippen molar-refractivity contribution < 1.29 is 10.2 Å². The van der Waals surface area contributed by atoms with Crippen molar-refractivity contribution in [3.05, 3.63) is 0 Å². The highest BCUT2D eigenvalue weighted by atomic mass is 32.2. The van der Waals surface area contributed by atoms with E-state index >= 15 is 0 Å². The van der Waals surface area contributed by atoms with Crippen LogP contribution in [0.25, 0.3) is 0 Å². The highest BCUT2D eigenvalue weighted by molar-refractivity contribution is 7.99. The second-order valence-corrected chi connectivity index (χ2v) is 5.13. The minimum absolute atomic E-state index is 0.00680. The third kappa shape index (κ3) is 3.46. The SMILES string of the molecule is CC(CO)(CO)NC1CCSCC1. The first-order valence-corrected chi connectivity index (χ1v) is 5.93. The number of hydrogen-bond acceptors (Lipinski definition) is 4. The monoisotopic (exact) mass is 205 g/mol. The first kappa shape index (κ1) is 11.3. The molecule has 3 N–H and O–H groups in total. The molecule has 0 amide bonds. The van der Waals surface area contributed by atoms with Crippen LogP contribution < -0.4 is 5.32 Å². The van der Waals surface area contributed by atoms with Crippen LogP contribution in [0.5, 0.6) is 0 Å². The number of thioether (sulfide) groups is 1. The highest BCUT2D eigenvalue weighted by Crippen LogP contribution is 2.19. The summed E-state index contributed by atoms with van der Waals surface area (Å²) >= 11 is 1.97. The molecule has 0 radical (unpaired) electrons. The Hall–Kier alpha value is 0.230. The van der Waals surface area contributed by atoms with E-state index in [4.69, 9.17) is 10.2 Å². The van der Waals surface area contributed by atoms with Gasteiger partial charge in [0.05, 0.1) is 18.8 Å². The molecule has 1 aliphatic heterocycles. The molecule has 1 rings (SSSR count). The number of aliphatic hydroxyl groups excluding tert-OH is 2. The zero-order valence-corrected chi connectivity index (χ0v) is 8.94. The molecular formula is C9H19NO2S. The smallest absolute Gasteiger partial charge is 0.0633 e. The Kier molecular flexibility index (Phi) is 4.52. The topological polar surface area (TPSA) is 52.5 Å². The Morgan fingerprint density at radius 3 is 2.31 bits per heavy atom. The van der Waals surface area contributed by atoms with Gasteiger partial charge in [0.1, 0.15) is 0 Å². The molecule has 0 unspecified atom stereocenters. The normalized spacial score (nSPS) is 20.5. The van der Waals surface area contributed by atoms with Gasteiger partial charge in [-0.2, -0.15) is 11.8 Å². The second kappa shape index (κ2) is 5.20. The molecule has 13 heavy (non-hydrogen) atoms. The number of rotatable bonds is 4. The molecule has 0 spiro atoms. The molecule has 1 saturated heterocycles.